The van der Waals surface area contributed by atoms with E-state index >= 15 is 0 Å². The minimum absolute atomic E-state index is 0.324. The smallest absolute Gasteiger partial charge is 0.410 e. The van der Waals surface area contributed by atoms with Crippen LogP contribution in [0, 0.1) is 6.92 Å². The van der Waals surface area contributed by atoms with Gasteiger partial charge in [0.2, 0.25) is 0 Å². The van der Waals surface area contributed by atoms with Crippen LogP contribution >= 0.6 is 7.83 Å². The van der Waals surface area contributed by atoms with Gasteiger partial charge in [-0.3, -0.25) is 0 Å². The molecule has 0 bridgehead atoms. The molecule has 0 amide bonds. The normalized spacial score (nSPS) is 26.8. The molecule has 2 rings (SSSR count). The monoisotopic (exact) mass is 215 g/mol. The highest BCUT2D eigenvalue weighted by Crippen LogP contribution is 2.56. The zero-order valence-corrected chi connectivity index (χ0v) is 8.92. The highest BCUT2D eigenvalue weighted by molar-refractivity contribution is 7.51. The highest BCUT2D eigenvalue weighted by atomic mass is 31.2. The molecule has 14 heavy (non-hydrogen) atoms. The topological polar surface area (TPSA) is 29.5 Å². The first kappa shape index (κ1) is 9.69. The summed E-state index contributed by atoms with van der Waals surface area (Å²) in [7, 11) is -2.64. The minimum atomic E-state index is -4.09. The number of fused-ring (bicyclic) bond motifs is 1. The Morgan fingerprint density at radius 2 is 2.29 bits per heavy atom. The van der Waals surface area contributed by atoms with Crippen molar-refractivity contribution in [3.05, 3.63) is 29.3 Å². The molecule has 0 fully saturated rings. The fourth-order valence-electron chi connectivity index (χ4n) is 1.44. The van der Waals surface area contributed by atoms with Gasteiger partial charge < -0.3 is 4.52 Å². The zero-order valence-electron chi connectivity index (χ0n) is 8.03. The zero-order chi connectivity index (χ0) is 10.3. The Morgan fingerprint density at radius 3 is 3.00 bits per heavy atom. The van der Waals surface area contributed by atoms with Crippen molar-refractivity contribution in [2.24, 2.45) is 0 Å². The molecule has 1 aliphatic rings. The van der Waals surface area contributed by atoms with E-state index in [2.05, 4.69) is 0 Å². The first-order valence-corrected chi connectivity index (χ1v) is 5.76. The first-order chi connectivity index (χ1) is 6.49. The van der Waals surface area contributed by atoms with Gasteiger partial charge in [0.05, 0.1) is 0 Å². The van der Waals surface area contributed by atoms with E-state index in [1.807, 2.05) is 19.1 Å². The van der Waals surface area contributed by atoms with Crippen molar-refractivity contribution in [2.75, 3.05) is 7.05 Å². The van der Waals surface area contributed by atoms with Gasteiger partial charge in [-0.2, -0.15) is 4.67 Å². The summed E-state index contributed by atoms with van der Waals surface area (Å²) in [6.45, 7) is 2.27. The van der Waals surface area contributed by atoms with Crippen LogP contribution in [0.4, 0.5) is 4.20 Å². The van der Waals surface area contributed by atoms with Crippen LogP contribution in [-0.4, -0.2) is 11.7 Å². The molecule has 5 heteroatoms. The maximum atomic E-state index is 13.3. The van der Waals surface area contributed by atoms with Crippen LogP contribution in [0.1, 0.15) is 11.1 Å². The standard InChI is InChI=1S/C9H11FNO2P/c1-7-3-4-9-8(5-7)6-11(2)14(10,12)13-9/h3-5H,6H2,1-2H3. The summed E-state index contributed by atoms with van der Waals surface area (Å²) >= 11 is 0. The van der Waals surface area contributed by atoms with Gasteiger partial charge in [0, 0.05) is 12.1 Å². The van der Waals surface area contributed by atoms with Crippen LogP contribution in [0.15, 0.2) is 18.2 Å². The third-order valence-corrected chi connectivity index (χ3v) is 3.61. The van der Waals surface area contributed by atoms with E-state index in [0.29, 0.717) is 12.3 Å². The van der Waals surface area contributed by atoms with Crippen molar-refractivity contribution in [2.45, 2.75) is 13.5 Å². The first-order valence-electron chi connectivity index (χ1n) is 4.29. The molecule has 3 nitrogen and oxygen atoms in total. The van der Waals surface area contributed by atoms with E-state index < -0.39 is 7.83 Å². The average molecular weight is 215 g/mol. The van der Waals surface area contributed by atoms with Crippen LogP contribution in [-0.2, 0) is 11.1 Å². The molecule has 1 unspecified atom stereocenters. The molecule has 0 aliphatic carbocycles. The maximum absolute atomic E-state index is 13.3. The number of halogens is 1. The van der Waals surface area contributed by atoms with Gasteiger partial charge in [0.15, 0.2) is 0 Å². The molecule has 0 saturated carbocycles. The van der Waals surface area contributed by atoms with Crippen molar-refractivity contribution in [3.8, 4) is 5.75 Å². The largest absolute Gasteiger partial charge is 0.499 e. The minimum Gasteiger partial charge on any atom is -0.410 e. The number of benzene rings is 1. The van der Waals surface area contributed by atoms with E-state index in [9.17, 15) is 8.76 Å². The summed E-state index contributed by atoms with van der Waals surface area (Å²) in [5.74, 6) is 0.388. The summed E-state index contributed by atoms with van der Waals surface area (Å²) in [4.78, 5) is 0. The van der Waals surface area contributed by atoms with Crippen LogP contribution < -0.4 is 4.52 Å². The molecule has 1 aromatic rings. The third-order valence-electron chi connectivity index (χ3n) is 2.23. The fourth-order valence-corrected chi connectivity index (χ4v) is 2.32. The number of rotatable bonds is 0. The van der Waals surface area contributed by atoms with Crippen molar-refractivity contribution in [1.29, 1.82) is 0 Å². The van der Waals surface area contributed by atoms with E-state index in [1.165, 1.54) is 7.05 Å². The van der Waals surface area contributed by atoms with Crippen molar-refractivity contribution < 1.29 is 13.3 Å². The molecule has 1 aliphatic heterocycles. The molecule has 0 radical (unpaired) electrons. The quantitative estimate of drug-likeness (QED) is 0.623. The SMILES string of the molecule is Cc1ccc2c(c1)CN(C)P(=O)(F)O2. The predicted octanol–water partition coefficient (Wildman–Crippen LogP) is 2.90. The van der Waals surface area contributed by atoms with Crippen LogP contribution in [0.2, 0.25) is 0 Å². The average Bonchev–Trinajstić information content (AvgIpc) is 2.08. The molecular weight excluding hydrogens is 204 g/mol. The lowest BCUT2D eigenvalue weighted by Gasteiger charge is -2.27. The highest BCUT2D eigenvalue weighted by Gasteiger charge is 2.35. The van der Waals surface area contributed by atoms with E-state index in [4.69, 9.17) is 4.52 Å². The second-order valence-corrected chi connectivity index (χ2v) is 5.24. The number of aryl methyl sites for hydroxylation is 1. The van der Waals surface area contributed by atoms with Crippen LogP contribution in [0.3, 0.4) is 0 Å². The second kappa shape index (κ2) is 3.07. The lowest BCUT2D eigenvalue weighted by Crippen LogP contribution is -2.20. The van der Waals surface area contributed by atoms with Gasteiger partial charge >= 0.3 is 7.83 Å². The molecule has 76 valence electrons. The van der Waals surface area contributed by atoms with Crippen LogP contribution in [0.5, 0.6) is 5.75 Å². The summed E-state index contributed by atoms with van der Waals surface area (Å²) in [6.07, 6.45) is 0. The molecule has 1 atom stereocenters. The number of nitrogens with zero attached hydrogens (tertiary/aromatic N) is 1. The Balaban J connectivity index is 2.46. The Kier molecular flexibility index (Phi) is 2.13. The van der Waals surface area contributed by atoms with Gasteiger partial charge in [-0.25, -0.2) is 4.57 Å². The number of hydrogen-bond acceptors (Lipinski definition) is 2. The van der Waals surface area contributed by atoms with Gasteiger partial charge in [0.1, 0.15) is 5.75 Å². The van der Waals surface area contributed by atoms with Gasteiger partial charge in [-0.05, 0) is 20.0 Å². The molecule has 1 heterocycles. The predicted molar refractivity (Wildman–Crippen MR) is 52.0 cm³/mol. The van der Waals surface area contributed by atoms with Crippen molar-refractivity contribution in [3.63, 3.8) is 0 Å². The van der Waals surface area contributed by atoms with Gasteiger partial charge in [-0.15, -0.1) is 4.20 Å². The fraction of sp³-hybridized carbons (Fsp3) is 0.333. The van der Waals surface area contributed by atoms with Crippen molar-refractivity contribution in [1.82, 2.24) is 4.67 Å². The van der Waals surface area contributed by atoms with E-state index in [1.54, 1.807) is 6.07 Å². The molecule has 0 spiro atoms. The van der Waals surface area contributed by atoms with Crippen molar-refractivity contribution >= 4 is 7.83 Å². The summed E-state index contributed by atoms with van der Waals surface area (Å²) in [5, 5.41) is 0. The van der Waals surface area contributed by atoms with Gasteiger partial charge in [-0.1, -0.05) is 17.7 Å². The Bertz CT molecular complexity index is 421. The second-order valence-electron chi connectivity index (χ2n) is 3.47. The summed E-state index contributed by atoms with van der Waals surface area (Å²) in [6, 6.07) is 5.37. The Hall–Kier alpha value is -0.860. The molecule has 0 aromatic heterocycles. The Labute approximate surface area is 82.1 Å². The molecule has 0 saturated heterocycles. The molecular formula is C9H11FNO2P. The third kappa shape index (κ3) is 1.56. The lowest BCUT2D eigenvalue weighted by atomic mass is 10.1. The summed E-state index contributed by atoms with van der Waals surface area (Å²) in [5.41, 5.74) is 1.95. The summed E-state index contributed by atoms with van der Waals surface area (Å²) < 4.78 is 30.5. The molecule has 1 aromatic carbocycles. The lowest BCUT2D eigenvalue weighted by molar-refractivity contribution is 0.316. The van der Waals surface area contributed by atoms with Gasteiger partial charge in [0.25, 0.3) is 0 Å². The van der Waals surface area contributed by atoms with E-state index in [0.717, 1.165) is 15.8 Å². The van der Waals surface area contributed by atoms with E-state index in [-0.39, 0.29) is 0 Å². The Morgan fingerprint density at radius 1 is 1.57 bits per heavy atom. The maximum Gasteiger partial charge on any atom is 0.499 e. The number of hydrogen-bond donors (Lipinski definition) is 0. The molecule has 0 N–H and O–H groups in total. The van der Waals surface area contributed by atoms with Crippen LogP contribution in [0.25, 0.3) is 0 Å².